The number of oxazole rings is 1. The van der Waals surface area contributed by atoms with E-state index in [2.05, 4.69) is 62.6 Å². The lowest BCUT2D eigenvalue weighted by molar-refractivity contribution is -0.116. The molecule has 1 heterocycles. The molecule has 0 radical (unpaired) electrons. The summed E-state index contributed by atoms with van der Waals surface area (Å²) < 4.78 is 6.71. The van der Waals surface area contributed by atoms with Gasteiger partial charge in [-0.3, -0.25) is 9.79 Å². The second kappa shape index (κ2) is 11.4. The first-order chi connectivity index (χ1) is 12.8. The van der Waals surface area contributed by atoms with E-state index in [-0.39, 0.29) is 35.3 Å². The highest BCUT2D eigenvalue weighted by Gasteiger charge is 2.19. The van der Waals surface area contributed by atoms with E-state index in [1.165, 1.54) is 0 Å². The van der Waals surface area contributed by atoms with Gasteiger partial charge in [-0.05, 0) is 24.3 Å². The number of nitrogens with zero attached hydrogens (tertiary/aromatic N) is 2. The Hall–Kier alpha value is -1.62. The van der Waals surface area contributed by atoms with E-state index in [0.29, 0.717) is 31.4 Å². The van der Waals surface area contributed by atoms with Gasteiger partial charge in [0, 0.05) is 35.6 Å². The summed E-state index contributed by atoms with van der Waals surface area (Å²) in [5, 5.41) is 9.08. The van der Waals surface area contributed by atoms with E-state index in [9.17, 15) is 4.79 Å². The lowest BCUT2D eigenvalue weighted by atomic mass is 9.94. The standard InChI is InChI=1S/C19H26BrN5O2.HI/c1-19(2,3)15-11-23-17(27-15)12-24-18(21-4)22-10-9-16(26)25-14-7-5-13(20)6-8-14;/h5-8,11H,9-10,12H2,1-4H3,(H,25,26)(H2,21,22,24);1H. The van der Waals surface area contributed by atoms with Gasteiger partial charge in [-0.1, -0.05) is 36.7 Å². The van der Waals surface area contributed by atoms with Crippen LogP contribution in [-0.4, -0.2) is 30.4 Å². The molecule has 154 valence electrons. The Morgan fingerprint density at radius 2 is 1.89 bits per heavy atom. The Bertz CT molecular complexity index is 784. The molecule has 0 bridgehead atoms. The third-order valence-corrected chi connectivity index (χ3v) is 4.22. The Morgan fingerprint density at radius 3 is 2.46 bits per heavy atom. The molecule has 1 amide bonds. The van der Waals surface area contributed by atoms with Gasteiger partial charge in [0.2, 0.25) is 11.8 Å². The molecule has 1 aromatic heterocycles. The van der Waals surface area contributed by atoms with Crippen LogP contribution in [0.4, 0.5) is 5.69 Å². The fraction of sp³-hybridized carbons (Fsp3) is 0.421. The largest absolute Gasteiger partial charge is 0.443 e. The van der Waals surface area contributed by atoms with E-state index in [0.717, 1.165) is 15.9 Å². The van der Waals surface area contributed by atoms with Crippen LogP contribution in [-0.2, 0) is 16.8 Å². The molecule has 1 aromatic carbocycles. The highest BCUT2D eigenvalue weighted by atomic mass is 127. The van der Waals surface area contributed by atoms with Gasteiger partial charge < -0.3 is 20.4 Å². The SMILES string of the molecule is CN=C(NCCC(=O)Nc1ccc(Br)cc1)NCc1ncc(C(C)(C)C)o1.I. The molecule has 0 unspecified atom stereocenters. The summed E-state index contributed by atoms with van der Waals surface area (Å²) in [6, 6.07) is 7.46. The van der Waals surface area contributed by atoms with Gasteiger partial charge in [0.1, 0.15) is 5.76 Å². The first-order valence-electron chi connectivity index (χ1n) is 8.73. The number of carbonyl (C=O) groups is 1. The third-order valence-electron chi connectivity index (χ3n) is 3.70. The van der Waals surface area contributed by atoms with Crippen LogP contribution in [0.1, 0.15) is 38.8 Å². The molecule has 2 aromatic rings. The van der Waals surface area contributed by atoms with E-state index in [1.807, 2.05) is 24.3 Å². The summed E-state index contributed by atoms with van der Waals surface area (Å²) >= 11 is 3.37. The number of amides is 1. The maximum atomic E-state index is 12.0. The molecule has 0 atom stereocenters. The molecule has 0 aliphatic carbocycles. The summed E-state index contributed by atoms with van der Waals surface area (Å²) in [4.78, 5) is 20.4. The number of anilines is 1. The first-order valence-corrected chi connectivity index (χ1v) is 9.52. The van der Waals surface area contributed by atoms with Crippen LogP contribution in [0.25, 0.3) is 0 Å². The summed E-state index contributed by atoms with van der Waals surface area (Å²) in [5.74, 6) is 1.95. The first kappa shape index (κ1) is 24.4. The molecule has 3 N–H and O–H groups in total. The smallest absolute Gasteiger partial charge is 0.226 e. The second-order valence-corrected chi connectivity index (χ2v) is 7.94. The van der Waals surface area contributed by atoms with Crippen molar-refractivity contribution in [1.29, 1.82) is 0 Å². The van der Waals surface area contributed by atoms with Crippen LogP contribution < -0.4 is 16.0 Å². The van der Waals surface area contributed by atoms with Crippen LogP contribution in [0, 0.1) is 0 Å². The zero-order valence-corrected chi connectivity index (χ0v) is 20.4. The lowest BCUT2D eigenvalue weighted by Gasteiger charge is -2.13. The molecule has 9 heteroatoms. The van der Waals surface area contributed by atoms with Crippen molar-refractivity contribution in [3.63, 3.8) is 0 Å². The zero-order chi connectivity index (χ0) is 19.9. The summed E-state index contributed by atoms with van der Waals surface area (Å²) in [5.41, 5.74) is 0.692. The van der Waals surface area contributed by atoms with Crippen molar-refractivity contribution in [1.82, 2.24) is 15.6 Å². The molecular weight excluding hydrogens is 537 g/mol. The number of halogens is 2. The molecule has 0 aliphatic heterocycles. The fourth-order valence-corrected chi connectivity index (χ4v) is 2.43. The van der Waals surface area contributed by atoms with Crippen molar-refractivity contribution >= 4 is 57.5 Å². The number of hydrogen-bond donors (Lipinski definition) is 3. The average molecular weight is 564 g/mol. The quantitative estimate of drug-likeness (QED) is 0.280. The van der Waals surface area contributed by atoms with Crippen molar-refractivity contribution in [2.24, 2.45) is 4.99 Å². The zero-order valence-electron chi connectivity index (χ0n) is 16.5. The minimum Gasteiger partial charge on any atom is -0.443 e. The van der Waals surface area contributed by atoms with Gasteiger partial charge in [0.25, 0.3) is 0 Å². The van der Waals surface area contributed by atoms with Gasteiger partial charge in [-0.15, -0.1) is 24.0 Å². The predicted molar refractivity (Wildman–Crippen MR) is 126 cm³/mol. The average Bonchev–Trinajstić information content (AvgIpc) is 3.09. The Balaban J connectivity index is 0.00000392. The van der Waals surface area contributed by atoms with Gasteiger partial charge in [0.15, 0.2) is 5.96 Å². The van der Waals surface area contributed by atoms with Gasteiger partial charge in [-0.2, -0.15) is 0 Å². The number of nitrogens with one attached hydrogen (secondary N) is 3. The number of benzene rings is 1. The van der Waals surface area contributed by atoms with Crippen molar-refractivity contribution in [2.45, 2.75) is 39.2 Å². The van der Waals surface area contributed by atoms with E-state index >= 15 is 0 Å². The van der Waals surface area contributed by atoms with Gasteiger partial charge >= 0.3 is 0 Å². The number of hydrogen-bond acceptors (Lipinski definition) is 4. The fourth-order valence-electron chi connectivity index (χ4n) is 2.17. The lowest BCUT2D eigenvalue weighted by Crippen LogP contribution is -2.38. The van der Waals surface area contributed by atoms with Crippen molar-refractivity contribution in [3.8, 4) is 0 Å². The highest BCUT2D eigenvalue weighted by Crippen LogP contribution is 2.22. The van der Waals surface area contributed by atoms with Gasteiger partial charge in [0.05, 0.1) is 12.7 Å². The predicted octanol–water partition coefficient (Wildman–Crippen LogP) is 4.05. The summed E-state index contributed by atoms with van der Waals surface area (Å²) in [6.07, 6.45) is 2.07. The Morgan fingerprint density at radius 1 is 1.21 bits per heavy atom. The van der Waals surface area contributed by atoms with Gasteiger partial charge in [-0.25, -0.2) is 4.98 Å². The van der Waals surface area contributed by atoms with Crippen LogP contribution in [0.3, 0.4) is 0 Å². The van der Waals surface area contributed by atoms with E-state index in [4.69, 9.17) is 4.42 Å². The normalized spacial score (nSPS) is 11.5. The minimum atomic E-state index is -0.0760. The number of guanidine groups is 1. The molecule has 7 nitrogen and oxygen atoms in total. The molecule has 0 saturated carbocycles. The number of aliphatic imine (C=N–C) groups is 1. The Kier molecular flexibility index (Phi) is 9.94. The summed E-state index contributed by atoms with van der Waals surface area (Å²) in [6.45, 7) is 7.10. The van der Waals surface area contributed by atoms with E-state index < -0.39 is 0 Å². The third kappa shape index (κ3) is 8.17. The molecule has 28 heavy (non-hydrogen) atoms. The highest BCUT2D eigenvalue weighted by molar-refractivity contribution is 14.0. The van der Waals surface area contributed by atoms with Crippen LogP contribution in [0.2, 0.25) is 0 Å². The molecule has 0 fully saturated rings. The number of aromatic nitrogens is 1. The maximum Gasteiger partial charge on any atom is 0.226 e. The Labute approximate surface area is 191 Å². The topological polar surface area (TPSA) is 91.5 Å². The minimum absolute atomic E-state index is 0. The second-order valence-electron chi connectivity index (χ2n) is 7.03. The maximum absolute atomic E-state index is 12.0. The van der Waals surface area contributed by atoms with Crippen LogP contribution >= 0.6 is 39.9 Å². The summed E-state index contributed by atoms with van der Waals surface area (Å²) in [7, 11) is 1.67. The van der Waals surface area contributed by atoms with Crippen molar-refractivity contribution < 1.29 is 9.21 Å². The molecule has 0 saturated heterocycles. The molecule has 2 rings (SSSR count). The van der Waals surface area contributed by atoms with Crippen molar-refractivity contribution in [2.75, 3.05) is 18.9 Å². The number of rotatable bonds is 6. The monoisotopic (exact) mass is 563 g/mol. The number of carbonyl (C=O) groups excluding carboxylic acids is 1. The molecule has 0 aliphatic rings. The van der Waals surface area contributed by atoms with Crippen molar-refractivity contribution in [3.05, 3.63) is 46.6 Å². The van der Waals surface area contributed by atoms with E-state index in [1.54, 1.807) is 13.2 Å². The van der Waals surface area contributed by atoms with Crippen LogP contribution in [0.15, 0.2) is 44.3 Å². The molecular formula is C19H27BrIN5O2. The van der Waals surface area contributed by atoms with Crippen LogP contribution in [0.5, 0.6) is 0 Å². The molecule has 0 spiro atoms.